The van der Waals surface area contributed by atoms with Crippen molar-refractivity contribution in [1.29, 1.82) is 0 Å². The molecule has 118 valence electrons. The van der Waals surface area contributed by atoms with Crippen LogP contribution in [0, 0.1) is 0 Å². The van der Waals surface area contributed by atoms with E-state index in [2.05, 4.69) is 32.5 Å². The Kier molecular flexibility index (Phi) is 5.96. The lowest BCUT2D eigenvalue weighted by atomic mass is 10.1. The molecule has 1 aliphatic rings. The molecule has 2 rings (SSSR count). The van der Waals surface area contributed by atoms with E-state index >= 15 is 0 Å². The normalized spacial score (nSPS) is 18.1. The molecule has 0 amide bonds. The Bertz CT molecular complexity index is 594. The zero-order chi connectivity index (χ0) is 15.6. The zero-order valence-electron chi connectivity index (χ0n) is 11.6. The predicted octanol–water partition coefficient (Wildman–Crippen LogP) is 3.52. The summed E-state index contributed by atoms with van der Waals surface area (Å²) in [6.07, 6.45) is 1.58. The Morgan fingerprint density at radius 3 is 2.29 bits per heavy atom. The van der Waals surface area contributed by atoms with Crippen LogP contribution in [0.4, 0.5) is 0 Å². The molecule has 0 radical (unpaired) electrons. The maximum atomic E-state index is 12.5. The van der Waals surface area contributed by atoms with Gasteiger partial charge in [0, 0.05) is 10.5 Å². The van der Waals surface area contributed by atoms with Crippen LogP contribution in [0.25, 0.3) is 0 Å². The summed E-state index contributed by atoms with van der Waals surface area (Å²) in [5, 5.41) is 0.237. The molecule has 0 spiro atoms. The highest BCUT2D eigenvalue weighted by Gasteiger charge is 2.27. The minimum absolute atomic E-state index is 0.0491. The molecule has 8 heteroatoms. The standard InChI is InChI=1S/C13H17BrCl2N2O2S/c1-2-18-5-3-10(4-6-18)17-21(19,20)13-11(15)7-9(14)8-12(13)16/h7-8,10,17H,2-6H2,1H3. The molecule has 1 N–H and O–H groups in total. The van der Waals surface area contributed by atoms with Crippen molar-refractivity contribution >= 4 is 49.2 Å². The minimum atomic E-state index is -3.72. The number of likely N-dealkylation sites (tertiary alicyclic amines) is 1. The van der Waals surface area contributed by atoms with Crippen LogP contribution in [0.5, 0.6) is 0 Å². The molecule has 1 aliphatic heterocycles. The molecule has 21 heavy (non-hydrogen) atoms. The predicted molar refractivity (Wildman–Crippen MR) is 89.6 cm³/mol. The van der Waals surface area contributed by atoms with Crippen molar-refractivity contribution in [3.8, 4) is 0 Å². The van der Waals surface area contributed by atoms with Crippen LogP contribution in [-0.2, 0) is 10.0 Å². The Labute approximate surface area is 144 Å². The van der Waals surface area contributed by atoms with Gasteiger partial charge in [0.05, 0.1) is 10.0 Å². The van der Waals surface area contributed by atoms with Crippen molar-refractivity contribution in [2.24, 2.45) is 0 Å². The molecule has 0 saturated carbocycles. The molecule has 1 aromatic carbocycles. The van der Waals surface area contributed by atoms with Gasteiger partial charge >= 0.3 is 0 Å². The number of sulfonamides is 1. The van der Waals surface area contributed by atoms with Gasteiger partial charge in [-0.05, 0) is 44.6 Å². The first kappa shape index (κ1) is 17.5. The second kappa shape index (κ2) is 7.15. The maximum Gasteiger partial charge on any atom is 0.243 e. The van der Waals surface area contributed by atoms with Gasteiger partial charge in [0.25, 0.3) is 0 Å². The lowest BCUT2D eigenvalue weighted by Gasteiger charge is -2.31. The molecule has 1 fully saturated rings. The van der Waals surface area contributed by atoms with Crippen LogP contribution in [0.3, 0.4) is 0 Å². The smallest absolute Gasteiger partial charge is 0.243 e. The number of benzene rings is 1. The average molecular weight is 416 g/mol. The first-order valence-electron chi connectivity index (χ1n) is 6.72. The highest BCUT2D eigenvalue weighted by Crippen LogP contribution is 2.33. The number of halogens is 3. The van der Waals surface area contributed by atoms with Crippen LogP contribution < -0.4 is 4.72 Å². The summed E-state index contributed by atoms with van der Waals surface area (Å²) in [5.41, 5.74) is 0. The van der Waals surface area contributed by atoms with E-state index in [0.717, 1.165) is 32.5 Å². The van der Waals surface area contributed by atoms with E-state index in [4.69, 9.17) is 23.2 Å². The number of hydrogen-bond acceptors (Lipinski definition) is 3. The fraction of sp³-hybridized carbons (Fsp3) is 0.538. The Balaban J connectivity index is 2.16. The summed E-state index contributed by atoms with van der Waals surface area (Å²) in [6.45, 7) is 4.88. The van der Waals surface area contributed by atoms with Crippen LogP contribution in [0.1, 0.15) is 19.8 Å². The van der Waals surface area contributed by atoms with E-state index in [0.29, 0.717) is 4.47 Å². The van der Waals surface area contributed by atoms with Crippen molar-refractivity contribution in [1.82, 2.24) is 9.62 Å². The van der Waals surface area contributed by atoms with E-state index in [-0.39, 0.29) is 21.0 Å². The van der Waals surface area contributed by atoms with Gasteiger partial charge in [0.15, 0.2) is 0 Å². The molecule has 0 bridgehead atoms. The SMILES string of the molecule is CCN1CCC(NS(=O)(=O)c2c(Cl)cc(Br)cc2Cl)CC1. The molecule has 4 nitrogen and oxygen atoms in total. The molecular formula is C13H17BrCl2N2O2S. The largest absolute Gasteiger partial charge is 0.303 e. The van der Waals surface area contributed by atoms with Crippen LogP contribution in [0.2, 0.25) is 10.0 Å². The van der Waals surface area contributed by atoms with E-state index in [1.165, 1.54) is 12.1 Å². The quantitative estimate of drug-likeness (QED) is 0.818. The molecule has 0 atom stereocenters. The van der Waals surface area contributed by atoms with E-state index < -0.39 is 10.0 Å². The lowest BCUT2D eigenvalue weighted by molar-refractivity contribution is 0.217. The van der Waals surface area contributed by atoms with E-state index in [1.54, 1.807) is 0 Å². The van der Waals surface area contributed by atoms with Gasteiger partial charge in [0.2, 0.25) is 10.0 Å². The van der Waals surface area contributed by atoms with Gasteiger partial charge in [-0.25, -0.2) is 13.1 Å². The van der Waals surface area contributed by atoms with Crippen molar-refractivity contribution in [2.45, 2.75) is 30.7 Å². The van der Waals surface area contributed by atoms with E-state index in [1.807, 2.05) is 0 Å². The number of nitrogens with one attached hydrogen (secondary N) is 1. The van der Waals surface area contributed by atoms with Gasteiger partial charge in [-0.3, -0.25) is 0 Å². The molecule has 1 aromatic rings. The number of nitrogens with zero attached hydrogens (tertiary/aromatic N) is 1. The number of hydrogen-bond donors (Lipinski definition) is 1. The molecule has 0 aromatic heterocycles. The van der Waals surface area contributed by atoms with Crippen molar-refractivity contribution < 1.29 is 8.42 Å². The minimum Gasteiger partial charge on any atom is -0.303 e. The van der Waals surface area contributed by atoms with Gasteiger partial charge in [0.1, 0.15) is 4.90 Å². The monoisotopic (exact) mass is 414 g/mol. The van der Waals surface area contributed by atoms with Crippen LogP contribution in [0.15, 0.2) is 21.5 Å². The lowest BCUT2D eigenvalue weighted by Crippen LogP contribution is -2.44. The average Bonchev–Trinajstić information content (AvgIpc) is 2.37. The molecule has 1 saturated heterocycles. The summed E-state index contributed by atoms with van der Waals surface area (Å²) in [5.74, 6) is 0. The summed E-state index contributed by atoms with van der Waals surface area (Å²) < 4.78 is 28.4. The summed E-state index contributed by atoms with van der Waals surface area (Å²) >= 11 is 15.3. The van der Waals surface area contributed by atoms with Crippen LogP contribution in [-0.4, -0.2) is 39.0 Å². The fourth-order valence-corrected chi connectivity index (χ4v) is 5.67. The summed E-state index contributed by atoms with van der Waals surface area (Å²) in [4.78, 5) is 2.25. The van der Waals surface area contributed by atoms with Gasteiger partial charge < -0.3 is 4.90 Å². The Morgan fingerprint density at radius 1 is 1.29 bits per heavy atom. The van der Waals surface area contributed by atoms with Gasteiger partial charge in [-0.2, -0.15) is 0 Å². The third-order valence-corrected chi connectivity index (χ3v) is 6.49. The third kappa shape index (κ3) is 4.33. The first-order valence-corrected chi connectivity index (χ1v) is 9.76. The third-order valence-electron chi connectivity index (χ3n) is 3.59. The Hall–Kier alpha value is 0.150. The topological polar surface area (TPSA) is 49.4 Å². The first-order chi connectivity index (χ1) is 9.83. The summed E-state index contributed by atoms with van der Waals surface area (Å²) in [6, 6.07) is 2.98. The van der Waals surface area contributed by atoms with Gasteiger partial charge in [-0.15, -0.1) is 0 Å². The highest BCUT2D eigenvalue weighted by atomic mass is 79.9. The molecule has 0 unspecified atom stereocenters. The summed E-state index contributed by atoms with van der Waals surface area (Å²) in [7, 11) is -3.72. The van der Waals surface area contributed by atoms with Gasteiger partial charge in [-0.1, -0.05) is 46.1 Å². The maximum absolute atomic E-state index is 12.5. The zero-order valence-corrected chi connectivity index (χ0v) is 15.5. The molecular weight excluding hydrogens is 399 g/mol. The van der Waals surface area contributed by atoms with Crippen molar-refractivity contribution in [3.05, 3.63) is 26.7 Å². The van der Waals surface area contributed by atoms with E-state index in [9.17, 15) is 8.42 Å². The van der Waals surface area contributed by atoms with Crippen LogP contribution >= 0.6 is 39.1 Å². The van der Waals surface area contributed by atoms with Crippen molar-refractivity contribution in [2.75, 3.05) is 19.6 Å². The number of rotatable bonds is 4. The molecule has 1 heterocycles. The van der Waals surface area contributed by atoms with Crippen molar-refractivity contribution in [3.63, 3.8) is 0 Å². The second-order valence-corrected chi connectivity index (χ2v) is 8.41. The molecule has 0 aliphatic carbocycles. The fourth-order valence-electron chi connectivity index (χ4n) is 2.43. The highest BCUT2D eigenvalue weighted by molar-refractivity contribution is 9.10. The number of piperidine rings is 1. The Morgan fingerprint density at radius 2 is 1.81 bits per heavy atom. The second-order valence-electron chi connectivity index (χ2n) is 5.03.